The Hall–Kier alpha value is -3.79. The van der Waals surface area contributed by atoms with Crippen molar-refractivity contribution >= 4 is 23.4 Å². The fourth-order valence-electron chi connectivity index (χ4n) is 4.76. The van der Waals surface area contributed by atoms with E-state index in [9.17, 15) is 4.79 Å². The van der Waals surface area contributed by atoms with Crippen LogP contribution in [0.15, 0.2) is 36.7 Å². The molecule has 36 heavy (non-hydrogen) atoms. The van der Waals surface area contributed by atoms with Crippen LogP contribution in [0.4, 0.5) is 22.1 Å². The molecule has 1 atom stereocenters. The molecule has 1 fully saturated rings. The van der Waals surface area contributed by atoms with Crippen molar-refractivity contribution in [1.82, 2.24) is 25.3 Å². The average Bonchev–Trinajstić information content (AvgIpc) is 2.89. The molecule has 0 saturated carbocycles. The largest absolute Gasteiger partial charge is 0.378 e. The second kappa shape index (κ2) is 10.4. The van der Waals surface area contributed by atoms with Gasteiger partial charge in [0.05, 0.1) is 24.9 Å². The fourth-order valence-corrected chi connectivity index (χ4v) is 4.76. The molecule has 0 aliphatic carbocycles. The molecule has 0 radical (unpaired) electrons. The number of ether oxygens (including phenoxy) is 1. The Balaban J connectivity index is 1.52. The zero-order chi connectivity index (χ0) is 25.1. The van der Waals surface area contributed by atoms with E-state index in [0.29, 0.717) is 25.6 Å². The van der Waals surface area contributed by atoms with Gasteiger partial charge in [0.2, 0.25) is 0 Å². The topological polar surface area (TPSA) is 108 Å². The number of carbonyl (C=O) groups excluding carboxylic acids is 1. The Kier molecular flexibility index (Phi) is 6.95. The van der Waals surface area contributed by atoms with Gasteiger partial charge in [0.1, 0.15) is 18.0 Å². The summed E-state index contributed by atoms with van der Waals surface area (Å²) in [5, 5.41) is 5.58. The van der Waals surface area contributed by atoms with Crippen molar-refractivity contribution in [2.45, 2.75) is 33.2 Å². The average molecular weight is 489 g/mol. The Bertz CT molecular complexity index is 1230. The van der Waals surface area contributed by atoms with E-state index in [1.807, 2.05) is 44.2 Å². The molecular formula is C26H32N8O2. The Labute approximate surface area is 211 Å². The maximum Gasteiger partial charge on any atom is 0.319 e. The normalized spacial score (nSPS) is 17.5. The summed E-state index contributed by atoms with van der Waals surface area (Å²) >= 11 is 0. The summed E-state index contributed by atoms with van der Waals surface area (Å²) in [5.74, 6) is 2.58. The summed E-state index contributed by atoms with van der Waals surface area (Å²) in [6.07, 6.45) is 2.46. The molecular weight excluding hydrogens is 456 g/mol. The molecule has 2 aliphatic rings. The molecule has 0 bridgehead atoms. The van der Waals surface area contributed by atoms with Gasteiger partial charge >= 0.3 is 6.03 Å². The number of rotatable bonds is 5. The van der Waals surface area contributed by atoms with Crippen LogP contribution in [0.1, 0.15) is 36.8 Å². The minimum absolute atomic E-state index is 0.0308. The number of amides is 2. The number of urea groups is 1. The van der Waals surface area contributed by atoms with E-state index in [1.165, 1.54) is 5.56 Å². The summed E-state index contributed by atoms with van der Waals surface area (Å²) in [6.45, 7) is 10.4. The molecule has 2 aromatic heterocycles. The molecule has 1 aromatic carbocycles. The third kappa shape index (κ3) is 4.94. The first-order chi connectivity index (χ1) is 17.5. The minimum atomic E-state index is -0.223. The molecule has 4 heterocycles. The Morgan fingerprint density at radius 1 is 1.11 bits per heavy atom. The SMILES string of the molecule is CCNC(=O)Nc1ccc(-c2nc3c(c(N4CCOCC4)n2)CCN(c2cc(C)ncn2)C3C)cc1. The van der Waals surface area contributed by atoms with Crippen molar-refractivity contribution in [2.75, 3.05) is 54.5 Å². The van der Waals surface area contributed by atoms with E-state index < -0.39 is 0 Å². The molecule has 10 nitrogen and oxygen atoms in total. The van der Waals surface area contributed by atoms with Crippen molar-refractivity contribution in [3.05, 3.63) is 53.6 Å². The van der Waals surface area contributed by atoms with E-state index in [4.69, 9.17) is 14.7 Å². The predicted octanol–water partition coefficient (Wildman–Crippen LogP) is 3.34. The second-order valence-corrected chi connectivity index (χ2v) is 9.03. The molecule has 1 unspecified atom stereocenters. The first kappa shape index (κ1) is 23.9. The van der Waals surface area contributed by atoms with Crippen LogP contribution in [-0.2, 0) is 11.2 Å². The number of carbonyl (C=O) groups is 1. The van der Waals surface area contributed by atoms with Gasteiger partial charge in [-0.2, -0.15) is 0 Å². The number of morpholine rings is 1. The highest BCUT2D eigenvalue weighted by Crippen LogP contribution is 2.37. The number of fused-ring (bicyclic) bond motifs is 1. The van der Waals surface area contributed by atoms with Gasteiger partial charge in [-0.3, -0.25) is 0 Å². The van der Waals surface area contributed by atoms with E-state index in [1.54, 1.807) is 6.33 Å². The molecule has 2 N–H and O–H groups in total. The van der Waals surface area contributed by atoms with Gasteiger partial charge in [-0.25, -0.2) is 24.7 Å². The van der Waals surface area contributed by atoms with Crippen LogP contribution in [-0.4, -0.2) is 65.4 Å². The summed E-state index contributed by atoms with van der Waals surface area (Å²) in [4.78, 5) is 35.4. The molecule has 10 heteroatoms. The third-order valence-electron chi connectivity index (χ3n) is 6.62. The van der Waals surface area contributed by atoms with Gasteiger partial charge in [0.25, 0.3) is 0 Å². The number of anilines is 3. The first-order valence-electron chi connectivity index (χ1n) is 12.5. The Morgan fingerprint density at radius 2 is 1.89 bits per heavy atom. The van der Waals surface area contributed by atoms with Crippen LogP contribution in [0.25, 0.3) is 11.4 Å². The van der Waals surface area contributed by atoms with Gasteiger partial charge in [-0.1, -0.05) is 0 Å². The minimum Gasteiger partial charge on any atom is -0.378 e. The lowest BCUT2D eigenvalue weighted by Crippen LogP contribution is -2.40. The second-order valence-electron chi connectivity index (χ2n) is 9.03. The highest BCUT2D eigenvalue weighted by molar-refractivity contribution is 5.89. The molecule has 0 spiro atoms. The van der Waals surface area contributed by atoms with Gasteiger partial charge < -0.3 is 25.2 Å². The van der Waals surface area contributed by atoms with Crippen molar-refractivity contribution in [2.24, 2.45) is 0 Å². The molecule has 2 aliphatic heterocycles. The maximum absolute atomic E-state index is 11.9. The monoisotopic (exact) mass is 488 g/mol. The van der Waals surface area contributed by atoms with Crippen LogP contribution in [0, 0.1) is 6.92 Å². The highest BCUT2D eigenvalue weighted by Gasteiger charge is 2.31. The molecule has 5 rings (SSSR count). The van der Waals surface area contributed by atoms with E-state index >= 15 is 0 Å². The lowest BCUT2D eigenvalue weighted by Gasteiger charge is -2.38. The van der Waals surface area contributed by atoms with Gasteiger partial charge in [-0.15, -0.1) is 0 Å². The van der Waals surface area contributed by atoms with Crippen molar-refractivity contribution in [3.63, 3.8) is 0 Å². The van der Waals surface area contributed by atoms with Gasteiger partial charge in [0.15, 0.2) is 5.82 Å². The van der Waals surface area contributed by atoms with Crippen molar-refractivity contribution in [1.29, 1.82) is 0 Å². The summed E-state index contributed by atoms with van der Waals surface area (Å²) in [7, 11) is 0. The zero-order valence-corrected chi connectivity index (χ0v) is 21.0. The number of aromatic nitrogens is 4. The highest BCUT2D eigenvalue weighted by atomic mass is 16.5. The number of nitrogens with one attached hydrogen (secondary N) is 2. The van der Waals surface area contributed by atoms with Crippen molar-refractivity contribution in [3.8, 4) is 11.4 Å². The lowest BCUT2D eigenvalue weighted by molar-refractivity contribution is 0.122. The molecule has 188 valence electrons. The van der Waals surface area contributed by atoms with Crippen LogP contribution in [0.3, 0.4) is 0 Å². The van der Waals surface area contributed by atoms with E-state index in [2.05, 4.69) is 37.3 Å². The lowest BCUT2D eigenvalue weighted by atomic mass is 9.97. The van der Waals surface area contributed by atoms with Crippen LogP contribution in [0.2, 0.25) is 0 Å². The number of aryl methyl sites for hydroxylation is 1. The standard InChI is InChI=1S/C26H32N8O2/c1-4-27-26(35)30-20-7-5-19(6-8-20)24-31-23-18(3)34(22-15-17(2)28-16-29-22)10-9-21(23)25(32-24)33-11-13-36-14-12-33/h5-8,15-16,18H,4,9-14H2,1-3H3,(H2,27,30,35). The van der Waals surface area contributed by atoms with E-state index in [0.717, 1.165) is 60.3 Å². The number of hydrogen-bond acceptors (Lipinski definition) is 8. The maximum atomic E-state index is 11.9. The smallest absolute Gasteiger partial charge is 0.319 e. The van der Waals surface area contributed by atoms with Gasteiger partial charge in [-0.05, 0) is 51.5 Å². The van der Waals surface area contributed by atoms with Crippen molar-refractivity contribution < 1.29 is 9.53 Å². The molecule has 2 amide bonds. The fraction of sp³-hybridized carbons (Fsp3) is 0.423. The Morgan fingerprint density at radius 3 is 2.61 bits per heavy atom. The number of nitrogens with zero attached hydrogens (tertiary/aromatic N) is 6. The predicted molar refractivity (Wildman–Crippen MR) is 139 cm³/mol. The van der Waals surface area contributed by atoms with Crippen LogP contribution < -0.4 is 20.4 Å². The number of hydrogen-bond donors (Lipinski definition) is 2. The summed E-state index contributed by atoms with van der Waals surface area (Å²) in [5.41, 5.74) is 4.78. The first-order valence-corrected chi connectivity index (χ1v) is 12.5. The van der Waals surface area contributed by atoms with Crippen LogP contribution >= 0.6 is 0 Å². The van der Waals surface area contributed by atoms with E-state index in [-0.39, 0.29) is 12.1 Å². The zero-order valence-electron chi connectivity index (χ0n) is 21.0. The van der Waals surface area contributed by atoms with Gasteiger partial charge in [0, 0.05) is 54.8 Å². The summed E-state index contributed by atoms with van der Waals surface area (Å²) in [6, 6.07) is 9.48. The quantitative estimate of drug-likeness (QED) is 0.563. The summed E-state index contributed by atoms with van der Waals surface area (Å²) < 4.78 is 5.60. The molecule has 3 aromatic rings. The van der Waals surface area contributed by atoms with Crippen LogP contribution in [0.5, 0.6) is 0 Å². The number of benzene rings is 1. The third-order valence-corrected chi connectivity index (χ3v) is 6.62. The molecule has 1 saturated heterocycles.